The molecular weight excluding hydrogens is 312 g/mol. The molecule has 3 heteroatoms. The molecule has 0 aliphatic rings. The van der Waals surface area contributed by atoms with Crippen LogP contribution in [0, 0.1) is 0 Å². The lowest BCUT2D eigenvalue weighted by molar-refractivity contribution is -0.136. The van der Waals surface area contributed by atoms with E-state index in [1.165, 1.54) is 0 Å². The summed E-state index contributed by atoms with van der Waals surface area (Å²) in [6, 6.07) is 0. The van der Waals surface area contributed by atoms with E-state index in [0.717, 1.165) is 25.7 Å². The second-order valence-corrected chi connectivity index (χ2v) is 5.55. The number of carboxylic acids is 1. The number of aliphatic hydroxyl groups is 1. The van der Waals surface area contributed by atoms with Gasteiger partial charge < -0.3 is 10.2 Å². The van der Waals surface area contributed by atoms with E-state index in [0.29, 0.717) is 12.8 Å². The first-order valence-electron chi connectivity index (χ1n) is 9.00. The Bertz CT molecular complexity index is 493. The lowest BCUT2D eigenvalue weighted by atomic mass is 10.2. The Hall–Kier alpha value is -2.13. The molecule has 0 aliphatic heterocycles. The van der Waals surface area contributed by atoms with Gasteiger partial charge in [0.2, 0.25) is 0 Å². The number of aliphatic hydroxyl groups excluding tert-OH is 1. The van der Waals surface area contributed by atoms with Crippen molar-refractivity contribution >= 4 is 5.97 Å². The summed E-state index contributed by atoms with van der Waals surface area (Å²) >= 11 is 0. The fourth-order valence-electron chi connectivity index (χ4n) is 1.87. The third-order valence-electron chi connectivity index (χ3n) is 3.20. The maximum absolute atomic E-state index is 10.3. The van der Waals surface area contributed by atoms with Crippen LogP contribution in [0.2, 0.25) is 0 Å². The molecule has 0 spiro atoms. The molecule has 0 bridgehead atoms. The van der Waals surface area contributed by atoms with Crippen molar-refractivity contribution in [2.75, 3.05) is 0 Å². The number of hydrogen-bond donors (Lipinski definition) is 2. The van der Waals surface area contributed by atoms with Gasteiger partial charge in [-0.3, -0.25) is 4.79 Å². The van der Waals surface area contributed by atoms with Gasteiger partial charge in [-0.2, -0.15) is 0 Å². The van der Waals surface area contributed by atoms with Gasteiger partial charge in [0.25, 0.3) is 0 Å². The number of allylic oxidation sites excluding steroid dienone is 10. The Morgan fingerprint density at radius 1 is 0.840 bits per heavy atom. The van der Waals surface area contributed by atoms with Crippen LogP contribution in [-0.2, 0) is 4.79 Å². The second kappa shape index (κ2) is 18.2. The van der Waals surface area contributed by atoms with E-state index in [9.17, 15) is 9.90 Å². The van der Waals surface area contributed by atoms with Crippen molar-refractivity contribution in [3.8, 4) is 0 Å². The van der Waals surface area contributed by atoms with Crippen LogP contribution in [0.15, 0.2) is 72.9 Å². The largest absolute Gasteiger partial charge is 0.481 e. The van der Waals surface area contributed by atoms with Crippen LogP contribution < -0.4 is 0 Å². The highest BCUT2D eigenvalue weighted by Gasteiger charge is 1.92. The van der Waals surface area contributed by atoms with Gasteiger partial charge in [-0.05, 0) is 38.5 Å². The van der Waals surface area contributed by atoms with E-state index < -0.39 is 12.1 Å². The second-order valence-electron chi connectivity index (χ2n) is 5.55. The van der Waals surface area contributed by atoms with Crippen molar-refractivity contribution in [2.24, 2.45) is 0 Å². The molecule has 2 N–H and O–H groups in total. The molecule has 0 saturated heterocycles. The van der Waals surface area contributed by atoms with Gasteiger partial charge in [-0.25, -0.2) is 0 Å². The van der Waals surface area contributed by atoms with Crippen LogP contribution in [0.5, 0.6) is 0 Å². The van der Waals surface area contributed by atoms with E-state index in [-0.39, 0.29) is 6.42 Å². The van der Waals surface area contributed by atoms with Crippen molar-refractivity contribution in [2.45, 2.75) is 58.0 Å². The van der Waals surface area contributed by atoms with Gasteiger partial charge in [0.1, 0.15) is 0 Å². The molecule has 0 rings (SSSR count). The Morgan fingerprint density at radius 2 is 1.44 bits per heavy atom. The Kier molecular flexibility index (Phi) is 16.7. The highest BCUT2D eigenvalue weighted by molar-refractivity contribution is 5.66. The quantitative estimate of drug-likeness (QED) is 0.322. The minimum absolute atomic E-state index is 0.187. The Morgan fingerprint density at radius 3 is 2.12 bits per heavy atom. The molecule has 3 nitrogen and oxygen atoms in total. The van der Waals surface area contributed by atoms with E-state index >= 15 is 0 Å². The molecule has 0 aromatic carbocycles. The van der Waals surface area contributed by atoms with Crippen molar-refractivity contribution in [3.05, 3.63) is 72.9 Å². The SMILES string of the molecule is CC/C=C\C/C=C\CC(O)/C=C\C=C/C/C=C\C/C=C\CCC(=O)O. The fourth-order valence-corrected chi connectivity index (χ4v) is 1.87. The first-order valence-corrected chi connectivity index (χ1v) is 9.00. The van der Waals surface area contributed by atoms with Crippen LogP contribution in [0.25, 0.3) is 0 Å². The van der Waals surface area contributed by atoms with Crippen molar-refractivity contribution in [1.82, 2.24) is 0 Å². The number of carboxylic acid groups (broad SMARTS) is 1. The molecule has 0 heterocycles. The van der Waals surface area contributed by atoms with Gasteiger partial charge >= 0.3 is 5.97 Å². The number of rotatable bonds is 14. The van der Waals surface area contributed by atoms with E-state index in [4.69, 9.17) is 5.11 Å². The number of aliphatic carboxylic acids is 1. The molecule has 0 aliphatic carbocycles. The van der Waals surface area contributed by atoms with Gasteiger partial charge in [0.15, 0.2) is 0 Å². The number of carbonyl (C=O) groups is 1. The minimum atomic E-state index is -0.761. The summed E-state index contributed by atoms with van der Waals surface area (Å²) in [6.45, 7) is 2.11. The molecule has 25 heavy (non-hydrogen) atoms. The van der Waals surface area contributed by atoms with Gasteiger partial charge in [-0.15, -0.1) is 0 Å². The zero-order chi connectivity index (χ0) is 18.6. The zero-order valence-corrected chi connectivity index (χ0v) is 15.3. The summed E-state index contributed by atoms with van der Waals surface area (Å²) in [4.78, 5) is 10.3. The molecule has 1 atom stereocenters. The standard InChI is InChI=1S/C22H32O3/c1-2-3-4-5-12-15-18-21(23)19-16-13-10-8-6-7-9-11-14-17-20-22(24)25/h3-4,6-7,10-16,19,21,23H,2,5,8-9,17-18,20H2,1H3,(H,24,25)/b4-3-,7-6-,13-10-,14-11-,15-12-,19-16-. The first kappa shape index (κ1) is 22.9. The average Bonchev–Trinajstić information content (AvgIpc) is 2.58. The summed E-state index contributed by atoms with van der Waals surface area (Å²) in [6.07, 6.45) is 28.6. The van der Waals surface area contributed by atoms with Crippen LogP contribution in [-0.4, -0.2) is 22.3 Å². The smallest absolute Gasteiger partial charge is 0.303 e. The molecule has 1 unspecified atom stereocenters. The fraction of sp³-hybridized carbons (Fsp3) is 0.409. The molecule has 0 fully saturated rings. The summed E-state index contributed by atoms with van der Waals surface area (Å²) in [5.41, 5.74) is 0. The average molecular weight is 344 g/mol. The first-order chi connectivity index (χ1) is 12.2. The third kappa shape index (κ3) is 19.8. The summed E-state index contributed by atoms with van der Waals surface area (Å²) < 4.78 is 0. The van der Waals surface area contributed by atoms with Crippen LogP contribution in [0.1, 0.15) is 51.9 Å². The summed E-state index contributed by atoms with van der Waals surface area (Å²) in [5, 5.41) is 18.3. The van der Waals surface area contributed by atoms with E-state index in [2.05, 4.69) is 37.3 Å². The highest BCUT2D eigenvalue weighted by Crippen LogP contribution is 1.99. The maximum atomic E-state index is 10.3. The van der Waals surface area contributed by atoms with Crippen molar-refractivity contribution in [3.63, 3.8) is 0 Å². The predicted molar refractivity (Wildman–Crippen MR) is 106 cm³/mol. The van der Waals surface area contributed by atoms with Crippen LogP contribution in [0.4, 0.5) is 0 Å². The van der Waals surface area contributed by atoms with E-state index in [1.807, 2.05) is 36.5 Å². The Labute approximate surface area is 152 Å². The van der Waals surface area contributed by atoms with Crippen molar-refractivity contribution < 1.29 is 15.0 Å². The highest BCUT2D eigenvalue weighted by atomic mass is 16.4. The normalized spacial score (nSPS) is 14.3. The number of hydrogen-bond acceptors (Lipinski definition) is 2. The zero-order valence-electron chi connectivity index (χ0n) is 15.3. The van der Waals surface area contributed by atoms with E-state index in [1.54, 1.807) is 6.08 Å². The molecule has 0 aromatic heterocycles. The monoisotopic (exact) mass is 344 g/mol. The maximum Gasteiger partial charge on any atom is 0.303 e. The van der Waals surface area contributed by atoms with Crippen LogP contribution >= 0.6 is 0 Å². The molecule has 0 radical (unpaired) electrons. The summed E-state index contributed by atoms with van der Waals surface area (Å²) in [5.74, 6) is -0.761. The lowest BCUT2D eigenvalue weighted by Crippen LogP contribution is -1.98. The molecular formula is C22H32O3. The van der Waals surface area contributed by atoms with Crippen molar-refractivity contribution in [1.29, 1.82) is 0 Å². The van der Waals surface area contributed by atoms with Gasteiger partial charge in [-0.1, -0.05) is 79.8 Å². The molecule has 0 saturated carbocycles. The molecule has 138 valence electrons. The molecule has 0 aromatic rings. The minimum Gasteiger partial charge on any atom is -0.481 e. The van der Waals surface area contributed by atoms with Crippen LogP contribution in [0.3, 0.4) is 0 Å². The van der Waals surface area contributed by atoms with Gasteiger partial charge in [0.05, 0.1) is 6.10 Å². The Balaban J connectivity index is 3.71. The summed E-state index contributed by atoms with van der Waals surface area (Å²) in [7, 11) is 0. The predicted octanol–water partition coefficient (Wildman–Crippen LogP) is 5.52. The third-order valence-corrected chi connectivity index (χ3v) is 3.20. The molecule has 0 amide bonds. The topological polar surface area (TPSA) is 57.5 Å². The van der Waals surface area contributed by atoms with Gasteiger partial charge in [0, 0.05) is 6.42 Å². The lowest BCUT2D eigenvalue weighted by Gasteiger charge is -1.98.